The quantitative estimate of drug-likeness (QED) is 0.897. The fourth-order valence-electron chi connectivity index (χ4n) is 1.96. The highest BCUT2D eigenvalue weighted by Crippen LogP contribution is 2.21. The summed E-state index contributed by atoms with van der Waals surface area (Å²) in [5.74, 6) is -0.333. The highest BCUT2D eigenvalue weighted by molar-refractivity contribution is 7.97. The van der Waals surface area contributed by atoms with Crippen LogP contribution in [0.15, 0.2) is 24.3 Å². The summed E-state index contributed by atoms with van der Waals surface area (Å²) in [4.78, 5) is 0. The average Bonchev–Trinajstić information content (AvgIpc) is 2.59. The summed E-state index contributed by atoms with van der Waals surface area (Å²) in [7, 11) is -6.83. The van der Waals surface area contributed by atoms with Crippen molar-refractivity contribution in [2.24, 2.45) is 0 Å². The summed E-state index contributed by atoms with van der Waals surface area (Å²) < 4.78 is 49.1. The third-order valence-corrected chi connectivity index (χ3v) is 6.69. The number of hydrogen-bond donors (Lipinski definition) is 1. The first-order chi connectivity index (χ1) is 8.28. The van der Waals surface area contributed by atoms with Crippen molar-refractivity contribution in [1.29, 1.82) is 0 Å². The molecule has 0 aliphatic carbocycles. The van der Waals surface area contributed by atoms with Gasteiger partial charge in [0.25, 0.3) is 0 Å². The standard InChI is InChI=1S/C11H15NO4S2/c1-9-3-2-4-10(7-9)12-18(15,16)11-5-6-17(13,14)8-11/h2-4,7,11-12H,5-6,8H2,1H3/t11-/m0/s1. The zero-order valence-electron chi connectivity index (χ0n) is 9.96. The van der Waals surface area contributed by atoms with E-state index in [1.54, 1.807) is 18.2 Å². The monoisotopic (exact) mass is 289 g/mol. The Kier molecular flexibility index (Phi) is 3.37. The Morgan fingerprint density at radius 2 is 2.06 bits per heavy atom. The van der Waals surface area contributed by atoms with Gasteiger partial charge in [-0.1, -0.05) is 12.1 Å². The minimum atomic E-state index is -3.63. The van der Waals surface area contributed by atoms with Gasteiger partial charge >= 0.3 is 0 Å². The molecule has 1 aromatic carbocycles. The molecule has 7 heteroatoms. The molecule has 0 amide bonds. The van der Waals surface area contributed by atoms with E-state index >= 15 is 0 Å². The van der Waals surface area contributed by atoms with E-state index in [1.807, 2.05) is 13.0 Å². The van der Waals surface area contributed by atoms with Crippen LogP contribution in [0.5, 0.6) is 0 Å². The number of sulfonamides is 1. The lowest BCUT2D eigenvalue weighted by atomic mass is 10.2. The zero-order chi connectivity index (χ0) is 13.4. The topological polar surface area (TPSA) is 80.3 Å². The molecule has 5 nitrogen and oxygen atoms in total. The van der Waals surface area contributed by atoms with Crippen LogP contribution in [0.4, 0.5) is 5.69 Å². The van der Waals surface area contributed by atoms with Gasteiger partial charge in [-0.25, -0.2) is 16.8 Å². The van der Waals surface area contributed by atoms with Crippen LogP contribution in [0.25, 0.3) is 0 Å². The third kappa shape index (κ3) is 3.02. The Bertz CT molecular complexity index is 649. The molecule has 1 saturated heterocycles. The number of sulfone groups is 1. The Morgan fingerprint density at radius 1 is 1.33 bits per heavy atom. The first kappa shape index (κ1) is 13.4. The first-order valence-corrected chi connectivity index (χ1v) is 8.94. The Morgan fingerprint density at radius 3 is 2.61 bits per heavy atom. The number of aryl methyl sites for hydroxylation is 1. The van der Waals surface area contributed by atoms with E-state index in [2.05, 4.69) is 4.72 Å². The van der Waals surface area contributed by atoms with Crippen molar-refractivity contribution >= 4 is 25.5 Å². The molecule has 1 atom stereocenters. The normalized spacial score (nSPS) is 22.8. The Labute approximate surface area is 107 Å². The number of nitrogens with one attached hydrogen (secondary N) is 1. The maximum atomic E-state index is 12.0. The minimum Gasteiger partial charge on any atom is -0.283 e. The van der Waals surface area contributed by atoms with E-state index < -0.39 is 25.1 Å². The lowest BCUT2D eigenvalue weighted by molar-refractivity contribution is 0.587. The van der Waals surface area contributed by atoms with Crippen molar-refractivity contribution in [1.82, 2.24) is 0 Å². The molecule has 1 aliphatic rings. The van der Waals surface area contributed by atoms with Crippen molar-refractivity contribution in [3.8, 4) is 0 Å². The van der Waals surface area contributed by atoms with Gasteiger partial charge in [-0.3, -0.25) is 4.72 Å². The van der Waals surface area contributed by atoms with Crippen LogP contribution < -0.4 is 4.72 Å². The molecular weight excluding hydrogens is 274 g/mol. The maximum Gasteiger partial charge on any atom is 0.236 e. The van der Waals surface area contributed by atoms with E-state index in [9.17, 15) is 16.8 Å². The molecule has 0 saturated carbocycles. The average molecular weight is 289 g/mol. The third-order valence-electron chi connectivity index (χ3n) is 2.91. The Balaban J connectivity index is 2.18. The molecule has 1 N–H and O–H groups in total. The zero-order valence-corrected chi connectivity index (χ0v) is 11.6. The molecule has 1 fully saturated rings. The van der Waals surface area contributed by atoms with Gasteiger partial charge in [-0.15, -0.1) is 0 Å². The second kappa shape index (κ2) is 4.55. The van der Waals surface area contributed by atoms with E-state index in [0.717, 1.165) is 5.56 Å². The number of benzene rings is 1. The lowest BCUT2D eigenvalue weighted by Gasteiger charge is -2.12. The van der Waals surface area contributed by atoms with Crippen LogP contribution in [0, 0.1) is 6.92 Å². The fourth-order valence-corrected chi connectivity index (χ4v) is 6.04. The largest absolute Gasteiger partial charge is 0.283 e. The van der Waals surface area contributed by atoms with Crippen LogP contribution in [0.1, 0.15) is 12.0 Å². The smallest absolute Gasteiger partial charge is 0.236 e. The molecule has 0 spiro atoms. The lowest BCUT2D eigenvalue weighted by Crippen LogP contribution is -2.28. The molecular formula is C11H15NO4S2. The van der Waals surface area contributed by atoms with Crippen LogP contribution in [0.3, 0.4) is 0 Å². The van der Waals surface area contributed by atoms with E-state index in [0.29, 0.717) is 5.69 Å². The van der Waals surface area contributed by atoms with Gasteiger partial charge in [0.2, 0.25) is 10.0 Å². The molecule has 100 valence electrons. The summed E-state index contributed by atoms with van der Waals surface area (Å²) in [5.41, 5.74) is 1.41. The summed E-state index contributed by atoms with van der Waals surface area (Å²) in [6.07, 6.45) is 0.170. The Hall–Kier alpha value is -1.08. The van der Waals surface area contributed by atoms with E-state index in [-0.39, 0.29) is 17.9 Å². The maximum absolute atomic E-state index is 12.0. The van der Waals surface area contributed by atoms with Crippen LogP contribution in [-0.4, -0.2) is 33.6 Å². The summed E-state index contributed by atoms with van der Waals surface area (Å²) in [5, 5.41) is -0.844. The fraction of sp³-hybridized carbons (Fsp3) is 0.455. The number of hydrogen-bond acceptors (Lipinski definition) is 4. The molecule has 2 rings (SSSR count). The van der Waals surface area contributed by atoms with Gasteiger partial charge in [-0.05, 0) is 31.0 Å². The van der Waals surface area contributed by atoms with Crippen molar-refractivity contribution in [2.75, 3.05) is 16.2 Å². The predicted molar refractivity (Wildman–Crippen MR) is 70.8 cm³/mol. The molecule has 1 aliphatic heterocycles. The summed E-state index contributed by atoms with van der Waals surface area (Å²) in [6, 6.07) is 6.96. The molecule has 0 radical (unpaired) electrons. The highest BCUT2D eigenvalue weighted by atomic mass is 32.2. The van der Waals surface area contributed by atoms with E-state index in [4.69, 9.17) is 0 Å². The number of anilines is 1. The molecule has 1 aromatic rings. The predicted octanol–water partition coefficient (Wildman–Crippen LogP) is 0.924. The van der Waals surface area contributed by atoms with Crippen LogP contribution >= 0.6 is 0 Å². The van der Waals surface area contributed by atoms with Gasteiger partial charge in [0.15, 0.2) is 9.84 Å². The van der Waals surface area contributed by atoms with Gasteiger partial charge in [0.1, 0.15) is 0 Å². The van der Waals surface area contributed by atoms with Gasteiger partial charge < -0.3 is 0 Å². The van der Waals surface area contributed by atoms with Crippen LogP contribution in [-0.2, 0) is 19.9 Å². The van der Waals surface area contributed by atoms with Crippen molar-refractivity contribution in [3.05, 3.63) is 29.8 Å². The molecule has 0 unspecified atom stereocenters. The second-order valence-electron chi connectivity index (χ2n) is 4.54. The highest BCUT2D eigenvalue weighted by Gasteiger charge is 2.37. The van der Waals surface area contributed by atoms with Gasteiger partial charge in [0.05, 0.1) is 16.8 Å². The van der Waals surface area contributed by atoms with Crippen molar-refractivity contribution in [2.45, 2.75) is 18.6 Å². The molecule has 1 heterocycles. The SMILES string of the molecule is Cc1cccc(NS(=O)(=O)[C@H]2CCS(=O)(=O)C2)c1. The minimum absolute atomic E-state index is 0.0492. The van der Waals surface area contributed by atoms with Gasteiger partial charge in [0, 0.05) is 5.69 Å². The summed E-state index contributed by atoms with van der Waals surface area (Å²) in [6.45, 7) is 1.86. The van der Waals surface area contributed by atoms with E-state index in [1.165, 1.54) is 0 Å². The molecule has 0 aromatic heterocycles. The molecule has 18 heavy (non-hydrogen) atoms. The second-order valence-corrected chi connectivity index (χ2v) is 8.73. The van der Waals surface area contributed by atoms with Crippen LogP contribution in [0.2, 0.25) is 0 Å². The van der Waals surface area contributed by atoms with Gasteiger partial charge in [-0.2, -0.15) is 0 Å². The summed E-state index contributed by atoms with van der Waals surface area (Å²) >= 11 is 0. The first-order valence-electron chi connectivity index (χ1n) is 5.57. The van der Waals surface area contributed by atoms with Crippen molar-refractivity contribution < 1.29 is 16.8 Å². The molecule has 0 bridgehead atoms. The van der Waals surface area contributed by atoms with Crippen molar-refractivity contribution in [3.63, 3.8) is 0 Å². The number of rotatable bonds is 3.